The number of aryl methyl sites for hydroxylation is 3. The van der Waals surface area contributed by atoms with Crippen molar-refractivity contribution < 1.29 is 8.42 Å². The highest BCUT2D eigenvalue weighted by molar-refractivity contribution is 7.91. The highest BCUT2D eigenvalue weighted by Gasteiger charge is 2.20. The predicted octanol–water partition coefficient (Wildman–Crippen LogP) is 6.33. The van der Waals surface area contributed by atoms with Crippen LogP contribution in [-0.2, 0) is 9.84 Å². The molecule has 2 aromatic heterocycles. The Labute approximate surface area is 182 Å². The molecule has 0 bridgehead atoms. The molecule has 0 fully saturated rings. The zero-order valence-electron chi connectivity index (χ0n) is 16.6. The highest BCUT2D eigenvalue weighted by Crippen LogP contribution is 2.34. The molecule has 0 aliphatic heterocycles. The van der Waals surface area contributed by atoms with Gasteiger partial charge in [-0.25, -0.2) is 18.4 Å². The fourth-order valence-corrected chi connectivity index (χ4v) is 6.72. The molecular weight excluding hydrogens is 432 g/mol. The van der Waals surface area contributed by atoms with Crippen molar-refractivity contribution in [2.75, 3.05) is 0 Å². The van der Waals surface area contributed by atoms with E-state index in [2.05, 4.69) is 37.0 Å². The summed E-state index contributed by atoms with van der Waals surface area (Å²) in [5.74, 6) is 0. The third-order valence-corrected chi connectivity index (χ3v) is 8.95. The maximum Gasteiger partial charge on any atom is 0.206 e. The van der Waals surface area contributed by atoms with Gasteiger partial charge in [-0.1, -0.05) is 12.1 Å². The lowest BCUT2D eigenvalue weighted by molar-refractivity contribution is 0.596. The second-order valence-electron chi connectivity index (χ2n) is 7.31. The fraction of sp³-hybridized carbons (Fsp3) is 0.130. The van der Waals surface area contributed by atoms with E-state index in [4.69, 9.17) is 4.98 Å². The van der Waals surface area contributed by atoms with Gasteiger partial charge in [0.05, 0.1) is 35.2 Å². The Morgan fingerprint density at radius 2 is 1.33 bits per heavy atom. The molecule has 0 N–H and O–H groups in total. The van der Waals surface area contributed by atoms with Crippen LogP contribution in [0.5, 0.6) is 0 Å². The first-order valence-electron chi connectivity index (χ1n) is 9.42. The van der Waals surface area contributed by atoms with Gasteiger partial charge in [-0.3, -0.25) is 0 Å². The van der Waals surface area contributed by atoms with Crippen molar-refractivity contribution in [1.29, 1.82) is 0 Å². The van der Waals surface area contributed by atoms with E-state index in [1.807, 2.05) is 6.92 Å². The molecule has 7 heteroatoms. The Kier molecular flexibility index (Phi) is 4.50. The standard InChI is InChI=1S/C23H18N2O2S3/c1-13-4-5-16(10-14(13)2)23-25-20-9-7-18(12-22(20)29-23)30(26,27)17-6-8-19-21(11-17)28-15(3)24-19/h4-12H,1-3H3. The van der Waals surface area contributed by atoms with Crippen LogP contribution < -0.4 is 0 Å². The quantitative estimate of drug-likeness (QED) is 0.322. The molecule has 0 saturated heterocycles. The Balaban J connectivity index is 1.58. The van der Waals surface area contributed by atoms with Crippen molar-refractivity contribution in [3.05, 3.63) is 70.7 Å². The van der Waals surface area contributed by atoms with Gasteiger partial charge >= 0.3 is 0 Å². The number of hydrogen-bond donors (Lipinski definition) is 0. The third kappa shape index (κ3) is 3.23. The largest absolute Gasteiger partial charge is 0.242 e. The first-order chi connectivity index (χ1) is 14.3. The fourth-order valence-electron chi connectivity index (χ4n) is 3.39. The Morgan fingerprint density at radius 1 is 0.700 bits per heavy atom. The number of sulfone groups is 1. The maximum absolute atomic E-state index is 13.3. The van der Waals surface area contributed by atoms with Crippen LogP contribution >= 0.6 is 22.7 Å². The smallest absolute Gasteiger partial charge is 0.206 e. The predicted molar refractivity (Wildman–Crippen MR) is 124 cm³/mol. The van der Waals surface area contributed by atoms with Crippen molar-refractivity contribution in [2.45, 2.75) is 30.6 Å². The molecule has 0 saturated carbocycles. The molecule has 30 heavy (non-hydrogen) atoms. The van der Waals surface area contributed by atoms with Gasteiger partial charge < -0.3 is 0 Å². The molecule has 0 unspecified atom stereocenters. The molecule has 0 spiro atoms. The second-order valence-corrected chi connectivity index (χ2v) is 11.5. The molecule has 5 rings (SSSR count). The lowest BCUT2D eigenvalue weighted by Gasteiger charge is -2.04. The van der Waals surface area contributed by atoms with Crippen molar-refractivity contribution in [3.8, 4) is 10.6 Å². The van der Waals surface area contributed by atoms with Gasteiger partial charge in [0.2, 0.25) is 9.84 Å². The zero-order valence-corrected chi connectivity index (χ0v) is 19.1. The van der Waals surface area contributed by atoms with Gasteiger partial charge in [-0.15, -0.1) is 22.7 Å². The van der Waals surface area contributed by atoms with Gasteiger partial charge in [0, 0.05) is 5.56 Å². The number of fused-ring (bicyclic) bond motifs is 2. The summed E-state index contributed by atoms with van der Waals surface area (Å²) in [6.45, 7) is 6.08. The van der Waals surface area contributed by atoms with E-state index in [0.717, 1.165) is 36.0 Å². The average Bonchev–Trinajstić information content (AvgIpc) is 3.31. The lowest BCUT2D eigenvalue weighted by atomic mass is 10.1. The molecule has 150 valence electrons. The van der Waals surface area contributed by atoms with Gasteiger partial charge in [-0.2, -0.15) is 0 Å². The Hall–Kier alpha value is -2.61. The number of nitrogens with zero attached hydrogens (tertiary/aromatic N) is 2. The molecule has 0 atom stereocenters. The normalized spacial score (nSPS) is 12.1. The topological polar surface area (TPSA) is 59.9 Å². The van der Waals surface area contributed by atoms with Crippen LogP contribution in [0.4, 0.5) is 0 Å². The van der Waals surface area contributed by atoms with E-state index < -0.39 is 9.84 Å². The van der Waals surface area contributed by atoms with Crippen molar-refractivity contribution in [1.82, 2.24) is 9.97 Å². The lowest BCUT2D eigenvalue weighted by Crippen LogP contribution is -2.01. The molecule has 0 aliphatic rings. The van der Waals surface area contributed by atoms with Crippen LogP contribution in [-0.4, -0.2) is 18.4 Å². The van der Waals surface area contributed by atoms with Gasteiger partial charge in [0.15, 0.2) is 0 Å². The van der Waals surface area contributed by atoms with Crippen LogP contribution in [0.1, 0.15) is 16.1 Å². The molecule has 0 radical (unpaired) electrons. The van der Waals surface area contributed by atoms with Gasteiger partial charge in [0.25, 0.3) is 0 Å². The summed E-state index contributed by atoms with van der Waals surface area (Å²) in [5, 5.41) is 1.81. The molecular formula is C23H18N2O2S3. The van der Waals surface area contributed by atoms with E-state index >= 15 is 0 Å². The monoisotopic (exact) mass is 450 g/mol. The first-order valence-corrected chi connectivity index (χ1v) is 12.5. The number of aromatic nitrogens is 2. The number of hydrogen-bond acceptors (Lipinski definition) is 6. The van der Waals surface area contributed by atoms with Crippen LogP contribution in [0.3, 0.4) is 0 Å². The van der Waals surface area contributed by atoms with Crippen LogP contribution in [0.2, 0.25) is 0 Å². The number of rotatable bonds is 3. The SMILES string of the molecule is Cc1nc2ccc(S(=O)(=O)c3ccc4nc(-c5ccc(C)c(C)c5)sc4c3)cc2s1. The van der Waals surface area contributed by atoms with Crippen molar-refractivity contribution >= 4 is 52.9 Å². The van der Waals surface area contributed by atoms with E-state index in [9.17, 15) is 8.42 Å². The van der Waals surface area contributed by atoms with E-state index in [-0.39, 0.29) is 9.79 Å². The summed E-state index contributed by atoms with van der Waals surface area (Å²) in [5.41, 5.74) is 5.13. The van der Waals surface area contributed by atoms with E-state index in [1.165, 1.54) is 33.8 Å². The minimum absolute atomic E-state index is 0.283. The first kappa shape index (κ1) is 19.4. The van der Waals surface area contributed by atoms with E-state index in [0.29, 0.717) is 0 Å². The summed E-state index contributed by atoms with van der Waals surface area (Å²) < 4.78 is 28.3. The van der Waals surface area contributed by atoms with Gasteiger partial charge in [-0.05, 0) is 74.4 Å². The van der Waals surface area contributed by atoms with Crippen LogP contribution in [0.25, 0.3) is 31.0 Å². The van der Waals surface area contributed by atoms with Crippen LogP contribution in [0.15, 0.2) is 64.4 Å². The number of benzene rings is 3. The Bertz CT molecular complexity index is 1550. The second kappa shape index (κ2) is 6.97. The molecule has 2 heterocycles. The van der Waals surface area contributed by atoms with Crippen molar-refractivity contribution in [2.24, 2.45) is 0 Å². The molecule has 0 aliphatic carbocycles. The molecule has 0 amide bonds. The summed E-state index contributed by atoms with van der Waals surface area (Å²) in [7, 11) is -3.62. The highest BCUT2D eigenvalue weighted by atomic mass is 32.2. The maximum atomic E-state index is 13.3. The summed E-state index contributed by atoms with van der Waals surface area (Å²) >= 11 is 3.01. The van der Waals surface area contributed by atoms with Crippen LogP contribution in [0, 0.1) is 20.8 Å². The summed E-state index contributed by atoms with van der Waals surface area (Å²) in [6, 6.07) is 16.6. The average molecular weight is 451 g/mol. The molecule has 4 nitrogen and oxygen atoms in total. The zero-order chi connectivity index (χ0) is 21.0. The Morgan fingerprint density at radius 3 is 2.00 bits per heavy atom. The van der Waals surface area contributed by atoms with E-state index in [1.54, 1.807) is 36.4 Å². The minimum Gasteiger partial charge on any atom is -0.242 e. The van der Waals surface area contributed by atoms with Gasteiger partial charge in [0.1, 0.15) is 5.01 Å². The minimum atomic E-state index is -3.62. The molecule has 5 aromatic rings. The van der Waals surface area contributed by atoms with Crippen molar-refractivity contribution in [3.63, 3.8) is 0 Å². The number of thiazole rings is 2. The summed E-state index contributed by atoms with van der Waals surface area (Å²) in [6.07, 6.45) is 0. The molecule has 3 aromatic carbocycles. The summed E-state index contributed by atoms with van der Waals surface area (Å²) in [4.78, 5) is 9.69. The third-order valence-electron chi connectivity index (χ3n) is 5.20.